The van der Waals surface area contributed by atoms with Crippen LogP contribution in [0.1, 0.15) is 45.2 Å². The van der Waals surface area contributed by atoms with Crippen molar-refractivity contribution >= 4 is 11.5 Å². The second-order valence-electron chi connectivity index (χ2n) is 4.95. The molecule has 1 heterocycles. The summed E-state index contributed by atoms with van der Waals surface area (Å²) in [6.45, 7) is 5.46. The fourth-order valence-electron chi connectivity index (χ4n) is 2.37. The van der Waals surface area contributed by atoms with Crippen molar-refractivity contribution in [1.82, 2.24) is 14.9 Å². The molecule has 0 aliphatic heterocycles. The van der Waals surface area contributed by atoms with Gasteiger partial charge in [0.2, 0.25) is 0 Å². The summed E-state index contributed by atoms with van der Waals surface area (Å²) in [5.41, 5.74) is 1.30. The first-order valence-corrected chi connectivity index (χ1v) is 6.53. The minimum Gasteiger partial charge on any atom is -0.306 e. The summed E-state index contributed by atoms with van der Waals surface area (Å²) < 4.78 is 3.87. The molecule has 1 aliphatic rings. The molecule has 0 saturated heterocycles. The summed E-state index contributed by atoms with van der Waals surface area (Å²) in [6.07, 6.45) is 5.53. The van der Waals surface area contributed by atoms with E-state index in [9.17, 15) is 0 Å². The van der Waals surface area contributed by atoms with Crippen LogP contribution in [-0.2, 0) is 6.54 Å². The first-order chi connectivity index (χ1) is 7.18. The van der Waals surface area contributed by atoms with Crippen LogP contribution < -0.4 is 5.32 Å². The van der Waals surface area contributed by atoms with Crippen molar-refractivity contribution in [2.45, 2.75) is 51.6 Å². The van der Waals surface area contributed by atoms with E-state index in [-0.39, 0.29) is 5.54 Å². The maximum Gasteiger partial charge on any atom is 0.0893 e. The SMILES string of the molecule is CC(C)(NCc1csnn1)C1CCCC1. The van der Waals surface area contributed by atoms with E-state index < -0.39 is 0 Å². The van der Waals surface area contributed by atoms with E-state index in [0.717, 1.165) is 18.2 Å². The molecule has 1 aromatic heterocycles. The second-order valence-corrected chi connectivity index (χ2v) is 5.56. The molecule has 0 bridgehead atoms. The third-order valence-corrected chi connectivity index (χ3v) is 4.06. The van der Waals surface area contributed by atoms with Crippen molar-refractivity contribution in [3.8, 4) is 0 Å². The summed E-state index contributed by atoms with van der Waals surface area (Å²) in [6, 6.07) is 0. The van der Waals surface area contributed by atoms with E-state index in [1.165, 1.54) is 37.2 Å². The molecule has 2 rings (SSSR count). The van der Waals surface area contributed by atoms with Crippen molar-refractivity contribution in [2.75, 3.05) is 0 Å². The van der Waals surface area contributed by atoms with Crippen molar-refractivity contribution < 1.29 is 0 Å². The molecule has 0 aromatic carbocycles. The van der Waals surface area contributed by atoms with Gasteiger partial charge in [0, 0.05) is 17.5 Å². The van der Waals surface area contributed by atoms with E-state index in [2.05, 4.69) is 28.8 Å². The van der Waals surface area contributed by atoms with Crippen LogP contribution in [0.3, 0.4) is 0 Å². The number of nitrogens with zero attached hydrogens (tertiary/aromatic N) is 2. The summed E-state index contributed by atoms with van der Waals surface area (Å²) in [4.78, 5) is 0. The van der Waals surface area contributed by atoms with Gasteiger partial charge in [0.25, 0.3) is 0 Å². The Labute approximate surface area is 95.4 Å². The number of aromatic nitrogens is 2. The first-order valence-electron chi connectivity index (χ1n) is 5.69. The van der Waals surface area contributed by atoms with Gasteiger partial charge >= 0.3 is 0 Å². The highest BCUT2D eigenvalue weighted by Crippen LogP contribution is 2.33. The molecule has 1 aliphatic carbocycles. The lowest BCUT2D eigenvalue weighted by atomic mass is 9.86. The third kappa shape index (κ3) is 2.75. The van der Waals surface area contributed by atoms with Gasteiger partial charge in [-0.25, -0.2) is 0 Å². The van der Waals surface area contributed by atoms with Gasteiger partial charge in [-0.1, -0.05) is 17.3 Å². The van der Waals surface area contributed by atoms with Crippen LogP contribution in [0.15, 0.2) is 5.38 Å². The van der Waals surface area contributed by atoms with Gasteiger partial charge in [-0.2, -0.15) is 0 Å². The van der Waals surface area contributed by atoms with Crippen molar-refractivity contribution in [1.29, 1.82) is 0 Å². The van der Waals surface area contributed by atoms with Crippen LogP contribution in [0.2, 0.25) is 0 Å². The van der Waals surface area contributed by atoms with E-state index in [0.29, 0.717) is 0 Å². The Morgan fingerprint density at radius 3 is 2.80 bits per heavy atom. The molecular formula is C11H19N3S. The lowest BCUT2D eigenvalue weighted by Crippen LogP contribution is -2.44. The Bertz CT molecular complexity index is 289. The maximum atomic E-state index is 4.05. The van der Waals surface area contributed by atoms with E-state index in [4.69, 9.17) is 0 Å². The third-order valence-electron chi connectivity index (χ3n) is 3.51. The molecule has 0 radical (unpaired) electrons. The summed E-state index contributed by atoms with van der Waals surface area (Å²) in [5.74, 6) is 0.823. The van der Waals surface area contributed by atoms with E-state index in [1.54, 1.807) is 0 Å². The highest BCUT2D eigenvalue weighted by molar-refractivity contribution is 7.03. The molecular weight excluding hydrogens is 206 g/mol. The molecule has 3 nitrogen and oxygen atoms in total. The van der Waals surface area contributed by atoms with Crippen LogP contribution in [0.25, 0.3) is 0 Å². The Balaban J connectivity index is 1.86. The molecule has 0 atom stereocenters. The van der Waals surface area contributed by atoms with Crippen LogP contribution in [0.4, 0.5) is 0 Å². The van der Waals surface area contributed by atoms with Gasteiger partial charge in [0.1, 0.15) is 0 Å². The van der Waals surface area contributed by atoms with Gasteiger partial charge in [-0.15, -0.1) is 5.10 Å². The van der Waals surface area contributed by atoms with Gasteiger partial charge in [-0.05, 0) is 44.1 Å². The van der Waals surface area contributed by atoms with Crippen LogP contribution in [0, 0.1) is 5.92 Å². The second kappa shape index (κ2) is 4.58. The average Bonchev–Trinajstić information content (AvgIpc) is 2.88. The van der Waals surface area contributed by atoms with Gasteiger partial charge in [-0.3, -0.25) is 0 Å². The minimum absolute atomic E-state index is 0.236. The molecule has 0 unspecified atom stereocenters. The smallest absolute Gasteiger partial charge is 0.0893 e. The predicted molar refractivity (Wildman–Crippen MR) is 62.8 cm³/mol. The number of nitrogens with one attached hydrogen (secondary N) is 1. The highest BCUT2D eigenvalue weighted by atomic mass is 32.1. The zero-order valence-electron chi connectivity index (χ0n) is 9.49. The van der Waals surface area contributed by atoms with Crippen molar-refractivity contribution in [3.05, 3.63) is 11.1 Å². The highest BCUT2D eigenvalue weighted by Gasteiger charge is 2.31. The summed E-state index contributed by atoms with van der Waals surface area (Å²) in [7, 11) is 0. The molecule has 1 aromatic rings. The largest absolute Gasteiger partial charge is 0.306 e. The summed E-state index contributed by atoms with van der Waals surface area (Å²) in [5, 5.41) is 9.67. The normalized spacial score (nSPS) is 18.5. The van der Waals surface area contributed by atoms with Crippen molar-refractivity contribution in [3.63, 3.8) is 0 Å². The molecule has 4 heteroatoms. The van der Waals surface area contributed by atoms with Crippen LogP contribution in [0.5, 0.6) is 0 Å². The van der Waals surface area contributed by atoms with Crippen LogP contribution >= 0.6 is 11.5 Å². The van der Waals surface area contributed by atoms with Gasteiger partial charge in [0.15, 0.2) is 0 Å². The first kappa shape index (κ1) is 11.0. The van der Waals surface area contributed by atoms with Gasteiger partial charge < -0.3 is 5.32 Å². The van der Waals surface area contributed by atoms with E-state index in [1.807, 2.05) is 5.38 Å². The quantitative estimate of drug-likeness (QED) is 0.856. The van der Waals surface area contributed by atoms with Gasteiger partial charge in [0.05, 0.1) is 5.69 Å². The average molecular weight is 225 g/mol. The molecule has 84 valence electrons. The fourth-order valence-corrected chi connectivity index (χ4v) is 2.82. The zero-order valence-corrected chi connectivity index (χ0v) is 10.3. The molecule has 1 saturated carbocycles. The number of rotatable bonds is 4. The molecule has 1 fully saturated rings. The zero-order chi connectivity index (χ0) is 10.7. The molecule has 0 amide bonds. The maximum absolute atomic E-state index is 4.05. The lowest BCUT2D eigenvalue weighted by molar-refractivity contribution is 0.253. The Morgan fingerprint density at radius 2 is 2.20 bits per heavy atom. The van der Waals surface area contributed by atoms with E-state index >= 15 is 0 Å². The van der Waals surface area contributed by atoms with Crippen LogP contribution in [-0.4, -0.2) is 15.1 Å². The lowest BCUT2D eigenvalue weighted by Gasteiger charge is -2.32. The Hall–Kier alpha value is -0.480. The topological polar surface area (TPSA) is 37.8 Å². The molecule has 0 spiro atoms. The number of hydrogen-bond acceptors (Lipinski definition) is 4. The summed E-state index contributed by atoms with van der Waals surface area (Å²) >= 11 is 1.42. The Morgan fingerprint density at radius 1 is 1.47 bits per heavy atom. The molecule has 15 heavy (non-hydrogen) atoms. The predicted octanol–water partition coefficient (Wildman–Crippen LogP) is 2.60. The molecule has 1 N–H and O–H groups in total. The number of hydrogen-bond donors (Lipinski definition) is 1. The van der Waals surface area contributed by atoms with Crippen molar-refractivity contribution in [2.24, 2.45) is 5.92 Å². The standard InChI is InChI=1S/C11H19N3S/c1-11(2,9-5-3-4-6-9)12-7-10-8-15-14-13-10/h8-9,12H,3-7H2,1-2H3. The fraction of sp³-hybridized carbons (Fsp3) is 0.818. The minimum atomic E-state index is 0.236. The Kier molecular flexibility index (Phi) is 3.36. The monoisotopic (exact) mass is 225 g/mol.